The highest BCUT2D eigenvalue weighted by molar-refractivity contribution is 9.10. The Kier molecular flexibility index (Phi) is 5.38. The van der Waals surface area contributed by atoms with Crippen LogP contribution < -0.4 is 16.1 Å². The fourth-order valence-electron chi connectivity index (χ4n) is 4.06. The predicted molar refractivity (Wildman–Crippen MR) is 119 cm³/mol. The van der Waals surface area contributed by atoms with Crippen LogP contribution >= 0.6 is 15.9 Å². The van der Waals surface area contributed by atoms with Gasteiger partial charge in [0, 0.05) is 36.8 Å². The van der Waals surface area contributed by atoms with Gasteiger partial charge in [-0.2, -0.15) is 4.98 Å². The average Bonchev–Trinajstić information content (AvgIpc) is 3.08. The number of anilines is 2. The maximum Gasteiger partial charge on any atom is 0.332 e. The van der Waals surface area contributed by atoms with E-state index in [1.165, 1.54) is 9.13 Å². The molecule has 0 radical (unpaired) electrons. The van der Waals surface area contributed by atoms with Crippen molar-refractivity contribution < 1.29 is 0 Å². The lowest BCUT2D eigenvalue weighted by atomic mass is 10.1. The number of fused-ring (bicyclic) bond motifs is 3. The highest BCUT2D eigenvalue weighted by Crippen LogP contribution is 2.33. The van der Waals surface area contributed by atoms with Gasteiger partial charge in [0.25, 0.3) is 5.56 Å². The smallest absolute Gasteiger partial charge is 0.312 e. The first kappa shape index (κ1) is 19.9. The Morgan fingerprint density at radius 3 is 2.55 bits per heavy atom. The Balaban J connectivity index is 1.91. The Morgan fingerprint density at radius 2 is 1.86 bits per heavy atom. The molecule has 0 amide bonds. The van der Waals surface area contributed by atoms with E-state index in [1.807, 2.05) is 28.8 Å². The first-order valence-electron chi connectivity index (χ1n) is 10.2. The molecule has 2 aromatic heterocycles. The molecule has 1 aliphatic heterocycles. The molecule has 8 heteroatoms. The second-order valence-corrected chi connectivity index (χ2v) is 8.81. The number of aryl methyl sites for hydroxylation is 1. The standard InChI is InChI=1S/C21H26BrN5O2/c1-4-5-6-11-25-19(28)17-18(24(3)21(25)29)23-20-26(12-14(2)13-27(17)20)16-9-7-15(22)8-10-16/h7-10,14H,4-6,11-13H2,1-3H3. The summed E-state index contributed by atoms with van der Waals surface area (Å²) in [6.07, 6.45) is 2.85. The molecule has 1 aromatic carbocycles. The zero-order valence-corrected chi connectivity index (χ0v) is 18.6. The van der Waals surface area contributed by atoms with E-state index < -0.39 is 0 Å². The van der Waals surface area contributed by atoms with Gasteiger partial charge < -0.3 is 9.47 Å². The largest absolute Gasteiger partial charge is 0.332 e. The molecular weight excluding hydrogens is 434 g/mol. The number of hydrogen-bond acceptors (Lipinski definition) is 4. The van der Waals surface area contributed by atoms with Gasteiger partial charge in [-0.3, -0.25) is 13.9 Å². The van der Waals surface area contributed by atoms with Crippen LogP contribution in [0, 0.1) is 5.92 Å². The van der Waals surface area contributed by atoms with E-state index in [9.17, 15) is 9.59 Å². The van der Waals surface area contributed by atoms with Crippen LogP contribution in [0.5, 0.6) is 0 Å². The molecule has 3 heterocycles. The quantitative estimate of drug-likeness (QED) is 0.546. The third-order valence-electron chi connectivity index (χ3n) is 5.57. The molecule has 1 aliphatic rings. The van der Waals surface area contributed by atoms with Crippen molar-refractivity contribution in [2.75, 3.05) is 11.4 Å². The lowest BCUT2D eigenvalue weighted by molar-refractivity contribution is 0.457. The monoisotopic (exact) mass is 459 g/mol. The molecule has 1 unspecified atom stereocenters. The first-order valence-corrected chi connectivity index (χ1v) is 10.9. The van der Waals surface area contributed by atoms with Crippen LogP contribution in [0.25, 0.3) is 11.2 Å². The number of imidazole rings is 1. The van der Waals surface area contributed by atoms with Gasteiger partial charge in [-0.05, 0) is 36.6 Å². The number of unbranched alkanes of at least 4 members (excludes halogenated alkanes) is 2. The number of nitrogens with zero attached hydrogens (tertiary/aromatic N) is 5. The number of hydrogen-bond donors (Lipinski definition) is 0. The minimum Gasteiger partial charge on any atom is -0.312 e. The van der Waals surface area contributed by atoms with Crippen LogP contribution in [0.3, 0.4) is 0 Å². The van der Waals surface area contributed by atoms with Crippen molar-refractivity contribution in [3.05, 3.63) is 49.6 Å². The molecule has 0 saturated carbocycles. The third-order valence-corrected chi connectivity index (χ3v) is 6.09. The third kappa shape index (κ3) is 3.43. The van der Waals surface area contributed by atoms with Crippen molar-refractivity contribution in [1.82, 2.24) is 18.7 Å². The van der Waals surface area contributed by atoms with E-state index >= 15 is 0 Å². The summed E-state index contributed by atoms with van der Waals surface area (Å²) in [4.78, 5) is 33.0. The van der Waals surface area contributed by atoms with Crippen molar-refractivity contribution in [1.29, 1.82) is 0 Å². The molecule has 0 saturated heterocycles. The second kappa shape index (κ2) is 7.82. The fourth-order valence-corrected chi connectivity index (χ4v) is 4.33. The highest BCUT2D eigenvalue weighted by atomic mass is 79.9. The van der Waals surface area contributed by atoms with Crippen LogP contribution in [0.4, 0.5) is 11.6 Å². The molecule has 1 atom stereocenters. The molecule has 154 valence electrons. The molecule has 4 rings (SSSR count). The lowest BCUT2D eigenvalue weighted by Gasteiger charge is -2.33. The summed E-state index contributed by atoms with van der Waals surface area (Å²) in [5, 5.41) is 0. The van der Waals surface area contributed by atoms with Crippen molar-refractivity contribution >= 4 is 38.7 Å². The Bertz CT molecular complexity index is 1160. The summed E-state index contributed by atoms with van der Waals surface area (Å²) in [5.41, 5.74) is 1.47. The van der Waals surface area contributed by atoms with Crippen LogP contribution in [0.1, 0.15) is 33.1 Å². The van der Waals surface area contributed by atoms with E-state index in [-0.39, 0.29) is 11.2 Å². The minimum atomic E-state index is -0.294. The van der Waals surface area contributed by atoms with E-state index in [2.05, 4.69) is 34.7 Å². The lowest BCUT2D eigenvalue weighted by Crippen LogP contribution is -2.40. The maximum absolute atomic E-state index is 13.3. The summed E-state index contributed by atoms with van der Waals surface area (Å²) >= 11 is 3.48. The first-order chi connectivity index (χ1) is 13.9. The Morgan fingerprint density at radius 1 is 1.14 bits per heavy atom. The molecule has 3 aromatic rings. The van der Waals surface area contributed by atoms with Gasteiger partial charge in [0.2, 0.25) is 5.95 Å². The molecule has 0 bridgehead atoms. The van der Waals surface area contributed by atoms with Crippen LogP contribution in [-0.2, 0) is 20.1 Å². The Labute approximate surface area is 177 Å². The highest BCUT2D eigenvalue weighted by Gasteiger charge is 2.29. The summed E-state index contributed by atoms with van der Waals surface area (Å²) in [6, 6.07) is 8.07. The number of benzene rings is 1. The van der Waals surface area contributed by atoms with Crippen LogP contribution in [0.2, 0.25) is 0 Å². The second-order valence-electron chi connectivity index (χ2n) is 7.89. The maximum atomic E-state index is 13.3. The molecule has 29 heavy (non-hydrogen) atoms. The van der Waals surface area contributed by atoms with Gasteiger partial charge in [-0.1, -0.05) is 42.6 Å². The van der Waals surface area contributed by atoms with E-state index in [1.54, 1.807) is 7.05 Å². The summed E-state index contributed by atoms with van der Waals surface area (Å²) in [5.74, 6) is 1.06. The fraction of sp³-hybridized carbons (Fsp3) is 0.476. The topological polar surface area (TPSA) is 65.1 Å². The normalized spacial score (nSPS) is 16.4. The number of rotatable bonds is 5. The van der Waals surface area contributed by atoms with Crippen molar-refractivity contribution in [3.8, 4) is 0 Å². The average molecular weight is 460 g/mol. The van der Waals surface area contributed by atoms with Crippen molar-refractivity contribution in [3.63, 3.8) is 0 Å². The predicted octanol–water partition coefficient (Wildman–Crippen LogP) is 3.64. The molecular formula is C21H26BrN5O2. The zero-order valence-electron chi connectivity index (χ0n) is 17.1. The summed E-state index contributed by atoms with van der Waals surface area (Å²) < 4.78 is 5.88. The summed E-state index contributed by atoms with van der Waals surface area (Å²) in [7, 11) is 1.70. The van der Waals surface area contributed by atoms with Crippen molar-refractivity contribution in [2.24, 2.45) is 13.0 Å². The molecule has 0 spiro atoms. The van der Waals surface area contributed by atoms with Crippen LogP contribution in [0.15, 0.2) is 38.3 Å². The number of aromatic nitrogens is 4. The van der Waals surface area contributed by atoms with Gasteiger partial charge >= 0.3 is 5.69 Å². The van der Waals surface area contributed by atoms with Gasteiger partial charge in [0.15, 0.2) is 11.2 Å². The molecule has 0 N–H and O–H groups in total. The number of halogens is 1. The molecule has 0 aliphatic carbocycles. The van der Waals surface area contributed by atoms with E-state index in [4.69, 9.17) is 4.98 Å². The summed E-state index contributed by atoms with van der Waals surface area (Å²) in [6.45, 7) is 6.24. The Hall–Kier alpha value is -2.35. The van der Waals surface area contributed by atoms with Gasteiger partial charge in [-0.25, -0.2) is 4.79 Å². The van der Waals surface area contributed by atoms with Crippen molar-refractivity contribution in [2.45, 2.75) is 46.2 Å². The minimum absolute atomic E-state index is 0.234. The SMILES string of the molecule is CCCCCn1c(=O)c2c(nc3n2CC(C)CN3c2ccc(Br)cc2)n(C)c1=O. The van der Waals surface area contributed by atoms with Gasteiger partial charge in [0.05, 0.1) is 0 Å². The van der Waals surface area contributed by atoms with E-state index in [0.717, 1.165) is 41.9 Å². The molecule has 0 fully saturated rings. The van der Waals surface area contributed by atoms with Gasteiger partial charge in [-0.15, -0.1) is 0 Å². The van der Waals surface area contributed by atoms with Crippen LogP contribution in [-0.4, -0.2) is 25.2 Å². The van der Waals surface area contributed by atoms with E-state index in [0.29, 0.717) is 30.2 Å². The van der Waals surface area contributed by atoms with Gasteiger partial charge in [0.1, 0.15) is 0 Å². The zero-order chi connectivity index (χ0) is 20.7. The molecule has 7 nitrogen and oxygen atoms in total.